The lowest BCUT2D eigenvalue weighted by Gasteiger charge is -2.38. The summed E-state index contributed by atoms with van der Waals surface area (Å²) in [6.45, 7) is -0.414. The highest BCUT2D eigenvalue weighted by Gasteiger charge is 2.46. The number of nitrogens with zero attached hydrogens (tertiary/aromatic N) is 1. The molecule has 0 heterocycles. The van der Waals surface area contributed by atoms with Gasteiger partial charge in [-0.2, -0.15) is 18.4 Å². The van der Waals surface area contributed by atoms with Crippen LogP contribution in [0, 0.1) is 58.7 Å². The third-order valence-corrected chi connectivity index (χ3v) is 13.6. The lowest BCUT2D eigenvalue weighted by atomic mass is 9.79. The maximum atomic E-state index is 14.5. The molecular formula is C44H64F3N2O8P. The summed E-state index contributed by atoms with van der Waals surface area (Å²) in [5, 5.41) is 34.1. The number of hydrogen-bond acceptors (Lipinski definition) is 10. The van der Waals surface area contributed by atoms with E-state index in [0.29, 0.717) is 31.6 Å². The molecule has 324 valence electrons. The zero-order chi connectivity index (χ0) is 41.3. The van der Waals surface area contributed by atoms with Crippen molar-refractivity contribution in [2.24, 2.45) is 35.5 Å². The second-order valence-electron chi connectivity index (χ2n) is 16.9. The number of nitriles is 1. The van der Waals surface area contributed by atoms with Crippen molar-refractivity contribution in [3.63, 3.8) is 0 Å². The lowest BCUT2D eigenvalue weighted by molar-refractivity contribution is -0.180. The molecule has 3 N–H and O–H groups in total. The number of aliphatic hydroxyl groups excluding tert-OH is 2. The molecule has 5 rings (SSSR count). The van der Waals surface area contributed by atoms with Gasteiger partial charge in [0.05, 0.1) is 57.2 Å². The number of rotatable bonds is 23. The van der Waals surface area contributed by atoms with Gasteiger partial charge in [-0.3, -0.25) is 18.9 Å². The van der Waals surface area contributed by atoms with Gasteiger partial charge >= 0.3 is 14.0 Å². The topological polar surface area (TPSA) is 140 Å². The van der Waals surface area contributed by atoms with E-state index in [1.54, 1.807) is 6.08 Å². The molecule has 1 saturated carbocycles. The molecule has 0 aliphatic heterocycles. The van der Waals surface area contributed by atoms with Crippen LogP contribution in [0.2, 0.25) is 0 Å². The number of hydrogen-bond donors (Lipinski definition) is 3. The van der Waals surface area contributed by atoms with Crippen LogP contribution in [0.25, 0.3) is 0 Å². The summed E-state index contributed by atoms with van der Waals surface area (Å²) in [4.78, 5) is 0. The molecule has 0 aromatic heterocycles. The molecule has 0 bridgehead atoms. The highest BCUT2D eigenvalue weighted by atomic mass is 31.2. The van der Waals surface area contributed by atoms with Gasteiger partial charge in [0.2, 0.25) is 6.41 Å². The molecule has 10 nitrogen and oxygen atoms in total. The van der Waals surface area contributed by atoms with Crippen molar-refractivity contribution in [1.29, 1.82) is 5.26 Å². The van der Waals surface area contributed by atoms with Crippen LogP contribution in [-0.4, -0.2) is 68.0 Å². The number of ether oxygens (including phenoxy) is 2. The molecule has 0 aromatic carbocycles. The predicted octanol–water partition coefficient (Wildman–Crippen LogP) is 9.57. The first kappa shape index (κ1) is 46.6. The smallest absolute Gasteiger partial charge is 0.474 e. The van der Waals surface area contributed by atoms with Crippen LogP contribution < -0.4 is 5.32 Å². The maximum Gasteiger partial charge on any atom is 0.474 e. The Kier molecular flexibility index (Phi) is 18.9. The molecule has 5 aliphatic carbocycles. The van der Waals surface area contributed by atoms with Crippen LogP contribution in [0.1, 0.15) is 116 Å². The Morgan fingerprint density at radius 1 is 0.983 bits per heavy atom. The van der Waals surface area contributed by atoms with Crippen molar-refractivity contribution in [2.45, 2.75) is 134 Å². The summed E-state index contributed by atoms with van der Waals surface area (Å²) in [5.74, 6) is 4.19. The molecule has 0 amide bonds. The number of phosphoric ester groups is 1. The molecule has 6 unspecified atom stereocenters. The Morgan fingerprint density at radius 3 is 2.47 bits per heavy atom. The van der Waals surface area contributed by atoms with Crippen LogP contribution >= 0.6 is 7.82 Å². The van der Waals surface area contributed by atoms with E-state index in [9.17, 15) is 27.9 Å². The Bertz CT molecular complexity index is 1560. The van der Waals surface area contributed by atoms with Crippen LogP contribution in [0.15, 0.2) is 47.8 Å². The SMILES string of the molecule is N#CC1C=C[C@H](CCCOC2=CCC(CCC(CO)(COP(=O)(OCC3CC=CCC3)OCC3CCCCC3)N[C@H](O)OCC3=CC#CCC3)CC2C(F)(F)F)CC1. The van der Waals surface area contributed by atoms with Gasteiger partial charge < -0.3 is 19.7 Å². The zero-order valence-electron chi connectivity index (χ0n) is 33.8. The molecular weight excluding hydrogens is 772 g/mol. The number of allylic oxidation sites excluding steroid dienone is 7. The monoisotopic (exact) mass is 836 g/mol. The molecule has 0 spiro atoms. The first-order chi connectivity index (χ1) is 28.0. The summed E-state index contributed by atoms with van der Waals surface area (Å²) in [6, 6.07) is 2.25. The fourth-order valence-corrected chi connectivity index (χ4v) is 9.87. The van der Waals surface area contributed by atoms with E-state index in [0.717, 1.165) is 76.2 Å². The summed E-state index contributed by atoms with van der Waals surface area (Å²) in [7, 11) is -4.18. The highest BCUT2D eigenvalue weighted by Crippen LogP contribution is 2.52. The van der Waals surface area contributed by atoms with Crippen LogP contribution in [0.5, 0.6) is 0 Å². The Hall–Kier alpha value is -2.45. The Morgan fingerprint density at radius 2 is 1.79 bits per heavy atom. The quantitative estimate of drug-likeness (QED) is 0.0300. The molecule has 1 fully saturated rings. The van der Waals surface area contributed by atoms with Crippen LogP contribution in [0.4, 0.5) is 13.2 Å². The largest absolute Gasteiger partial charge is 0.498 e. The van der Waals surface area contributed by atoms with Crippen molar-refractivity contribution in [3.8, 4) is 17.9 Å². The first-order valence-electron chi connectivity index (χ1n) is 21.5. The van der Waals surface area contributed by atoms with Crippen molar-refractivity contribution in [3.05, 3.63) is 47.8 Å². The molecule has 58 heavy (non-hydrogen) atoms. The van der Waals surface area contributed by atoms with E-state index in [1.165, 1.54) is 6.08 Å². The predicted molar refractivity (Wildman–Crippen MR) is 214 cm³/mol. The number of alkyl halides is 3. The molecule has 0 radical (unpaired) electrons. The molecule has 5 aliphatic rings. The molecule has 14 heteroatoms. The van der Waals surface area contributed by atoms with E-state index < -0.39 is 51.0 Å². The second-order valence-corrected chi connectivity index (χ2v) is 18.5. The third-order valence-electron chi connectivity index (χ3n) is 12.3. The van der Waals surface area contributed by atoms with Gasteiger partial charge in [-0.1, -0.05) is 55.4 Å². The number of phosphoric acid groups is 1. The number of nitrogens with one attached hydrogen (secondary N) is 1. The van der Waals surface area contributed by atoms with E-state index in [1.807, 2.05) is 12.2 Å². The summed E-state index contributed by atoms with van der Waals surface area (Å²) in [5.41, 5.74) is -0.586. The van der Waals surface area contributed by atoms with Crippen molar-refractivity contribution in [2.75, 3.05) is 39.6 Å². The normalized spacial score (nSPS) is 27.9. The minimum absolute atomic E-state index is 0.0606. The highest BCUT2D eigenvalue weighted by molar-refractivity contribution is 7.48. The van der Waals surface area contributed by atoms with Gasteiger partial charge in [-0.05, 0) is 131 Å². The molecule has 0 saturated heterocycles. The van der Waals surface area contributed by atoms with Gasteiger partial charge in [-0.15, -0.1) is 0 Å². The summed E-state index contributed by atoms with van der Waals surface area (Å²) < 4.78 is 87.3. The third kappa shape index (κ3) is 15.5. The molecule has 0 aromatic rings. The van der Waals surface area contributed by atoms with Crippen LogP contribution in [0.3, 0.4) is 0 Å². The number of aliphatic hydroxyl groups is 2. The minimum atomic E-state index is -4.52. The fourth-order valence-electron chi connectivity index (χ4n) is 8.45. The minimum Gasteiger partial charge on any atom is -0.498 e. The van der Waals surface area contributed by atoms with Crippen molar-refractivity contribution >= 4 is 7.82 Å². The lowest BCUT2D eigenvalue weighted by Crippen LogP contribution is -2.57. The van der Waals surface area contributed by atoms with Crippen molar-refractivity contribution in [1.82, 2.24) is 5.32 Å². The Labute approximate surface area is 343 Å². The molecule has 8 atom stereocenters. The van der Waals surface area contributed by atoms with E-state index in [4.69, 9.17) is 28.3 Å². The average Bonchev–Trinajstić information content (AvgIpc) is 3.25. The van der Waals surface area contributed by atoms with Crippen LogP contribution in [-0.2, 0) is 27.6 Å². The maximum absolute atomic E-state index is 14.5. The van der Waals surface area contributed by atoms with Crippen molar-refractivity contribution < 1.29 is 51.0 Å². The van der Waals surface area contributed by atoms with Gasteiger partial charge in [0.1, 0.15) is 11.7 Å². The van der Waals surface area contributed by atoms with Gasteiger partial charge in [0.15, 0.2) is 0 Å². The van der Waals surface area contributed by atoms with Gasteiger partial charge in [-0.25, -0.2) is 4.57 Å². The van der Waals surface area contributed by atoms with Gasteiger partial charge in [0, 0.05) is 6.42 Å². The summed E-state index contributed by atoms with van der Waals surface area (Å²) in [6.07, 6.45) is 17.9. The van der Waals surface area contributed by atoms with E-state index >= 15 is 0 Å². The Balaban J connectivity index is 1.24. The fraction of sp³-hybridized carbons (Fsp3) is 0.750. The zero-order valence-corrected chi connectivity index (χ0v) is 34.7. The second kappa shape index (κ2) is 23.5. The standard InChI is InChI=1S/C44H64F3N2O8P/c45-44(46,47)40-27-35(22-23-41(40)53-26-10-17-34-18-20-36(28-48)21-19-34)24-25-43(32-50,49-42(51)54-29-37-11-4-1-5-12-37)33-57-58(52,55-30-38-13-6-2-7-14-38)56-31-39-15-8-3-9-16-39/h2,6,12,18,20,23,34-36,38-40,42,49-51H,3-4,7-11,13-17,19,21-22,24-27,29-33H2/t34-,35?,36?,38?,40?,42+,43?,58?/m0/s1. The first-order valence-corrected chi connectivity index (χ1v) is 22.9. The summed E-state index contributed by atoms with van der Waals surface area (Å²) >= 11 is 0. The van der Waals surface area contributed by atoms with Gasteiger partial charge in [0.25, 0.3) is 0 Å². The van der Waals surface area contributed by atoms with E-state index in [-0.39, 0.29) is 69.2 Å². The number of halogens is 3. The average molecular weight is 837 g/mol. The van der Waals surface area contributed by atoms with E-state index in [2.05, 4.69) is 35.4 Å².